The summed E-state index contributed by atoms with van der Waals surface area (Å²) in [7, 11) is 0. The fourth-order valence-electron chi connectivity index (χ4n) is 3.30. The summed E-state index contributed by atoms with van der Waals surface area (Å²) in [5.74, 6) is -0.0822. The number of fused-ring (bicyclic) bond motifs is 1. The van der Waals surface area contributed by atoms with Gasteiger partial charge in [0, 0.05) is 16.8 Å². The molecule has 0 radical (unpaired) electrons. The van der Waals surface area contributed by atoms with E-state index in [1.807, 2.05) is 24.3 Å². The van der Waals surface area contributed by atoms with Crippen LogP contribution in [0.25, 0.3) is 11.6 Å². The third kappa shape index (κ3) is 4.60. The number of hydrogen-bond donors (Lipinski definition) is 3. The van der Waals surface area contributed by atoms with E-state index in [0.717, 1.165) is 16.8 Å². The van der Waals surface area contributed by atoms with E-state index in [0.29, 0.717) is 27.7 Å². The Hall–Kier alpha value is -3.61. The van der Waals surface area contributed by atoms with Crippen molar-refractivity contribution < 1.29 is 19.4 Å². The number of anilines is 1. The molecule has 6 nitrogen and oxygen atoms in total. The molecule has 31 heavy (non-hydrogen) atoms. The number of carbonyl (C=O) groups excluding carboxylic acids is 1. The topological polar surface area (TPSA) is 102 Å². The number of hydrogen-bond acceptors (Lipinski definition) is 4. The number of amides is 1. The number of benzene rings is 3. The first kappa shape index (κ1) is 20.7. The van der Waals surface area contributed by atoms with Crippen molar-refractivity contribution in [1.29, 1.82) is 0 Å². The highest BCUT2D eigenvalue weighted by molar-refractivity contribution is 6.37. The van der Waals surface area contributed by atoms with Crippen LogP contribution < -0.4 is 15.8 Å². The number of carboxylic acids is 1. The molecule has 1 heterocycles. The summed E-state index contributed by atoms with van der Waals surface area (Å²) >= 11 is 6.44. The fraction of sp³-hybridized carbons (Fsp3) is 0.0833. The van der Waals surface area contributed by atoms with Gasteiger partial charge in [0.25, 0.3) is 5.91 Å². The largest absolute Gasteiger partial charge is 0.480 e. The van der Waals surface area contributed by atoms with E-state index >= 15 is 0 Å². The molecule has 1 aliphatic heterocycles. The van der Waals surface area contributed by atoms with Crippen molar-refractivity contribution in [2.75, 3.05) is 5.32 Å². The van der Waals surface area contributed by atoms with Gasteiger partial charge in [-0.15, -0.1) is 0 Å². The van der Waals surface area contributed by atoms with Crippen molar-refractivity contribution in [3.63, 3.8) is 0 Å². The van der Waals surface area contributed by atoms with E-state index in [1.54, 1.807) is 48.5 Å². The lowest BCUT2D eigenvalue weighted by Crippen LogP contribution is -2.32. The van der Waals surface area contributed by atoms with Gasteiger partial charge in [0.2, 0.25) is 0 Å². The zero-order chi connectivity index (χ0) is 22.0. The average molecular weight is 435 g/mol. The molecule has 3 aromatic carbocycles. The minimum absolute atomic E-state index is 0.166. The Kier molecular flexibility index (Phi) is 5.75. The maximum atomic E-state index is 12.3. The molecule has 1 amide bonds. The molecule has 4 N–H and O–H groups in total. The minimum Gasteiger partial charge on any atom is -0.480 e. The molecule has 0 spiro atoms. The fourth-order valence-corrected chi connectivity index (χ4v) is 3.52. The maximum absolute atomic E-state index is 12.3. The number of carboxylic acid groups (broad SMARTS) is 1. The molecule has 0 saturated carbocycles. The van der Waals surface area contributed by atoms with Crippen LogP contribution >= 0.6 is 11.6 Å². The highest BCUT2D eigenvalue weighted by atomic mass is 35.5. The SMILES string of the molecule is N[C@@H](Cc1ccc(Oc2ccc(/C=C3\C(=O)Nc4ccccc43)c(Cl)c2)cc1)C(=O)O. The standard InChI is InChI=1S/C24H19ClN2O4/c25-20-13-17(31-16-8-5-14(6-9-16)11-21(26)24(29)30)10-7-15(20)12-19-18-3-1-2-4-22(18)27-23(19)28/h1-10,12-13,21H,11,26H2,(H,27,28)(H,29,30)/b19-12-/t21-/m0/s1. The van der Waals surface area contributed by atoms with Crippen LogP contribution in [-0.4, -0.2) is 23.0 Å². The van der Waals surface area contributed by atoms with Gasteiger partial charge in [0.1, 0.15) is 17.5 Å². The lowest BCUT2D eigenvalue weighted by atomic mass is 10.0. The molecular formula is C24H19ClN2O4. The van der Waals surface area contributed by atoms with Crippen LogP contribution in [0.3, 0.4) is 0 Å². The summed E-state index contributed by atoms with van der Waals surface area (Å²) in [4.78, 5) is 23.2. The number of nitrogens with one attached hydrogen (secondary N) is 1. The van der Waals surface area contributed by atoms with Crippen LogP contribution in [0.2, 0.25) is 5.02 Å². The molecule has 7 heteroatoms. The van der Waals surface area contributed by atoms with Crippen LogP contribution in [0.4, 0.5) is 5.69 Å². The van der Waals surface area contributed by atoms with Gasteiger partial charge in [-0.2, -0.15) is 0 Å². The van der Waals surface area contributed by atoms with Gasteiger partial charge in [-0.1, -0.05) is 41.9 Å². The van der Waals surface area contributed by atoms with Crippen LogP contribution in [0.15, 0.2) is 66.7 Å². The predicted octanol–water partition coefficient (Wildman–Crippen LogP) is 4.58. The highest BCUT2D eigenvalue weighted by Crippen LogP contribution is 2.35. The molecule has 1 aliphatic rings. The van der Waals surface area contributed by atoms with E-state index in [4.69, 9.17) is 27.2 Å². The van der Waals surface area contributed by atoms with Gasteiger partial charge in [-0.3, -0.25) is 9.59 Å². The third-order valence-electron chi connectivity index (χ3n) is 4.91. The number of rotatable bonds is 6. The Morgan fingerprint density at radius 3 is 2.52 bits per heavy atom. The van der Waals surface area contributed by atoms with E-state index in [-0.39, 0.29) is 12.3 Å². The minimum atomic E-state index is -1.04. The van der Waals surface area contributed by atoms with E-state index in [1.165, 1.54) is 0 Å². The monoisotopic (exact) mass is 434 g/mol. The smallest absolute Gasteiger partial charge is 0.320 e. The van der Waals surface area contributed by atoms with Crippen LogP contribution in [0, 0.1) is 0 Å². The Morgan fingerprint density at radius 1 is 1.10 bits per heavy atom. The summed E-state index contributed by atoms with van der Waals surface area (Å²) in [6.45, 7) is 0. The zero-order valence-electron chi connectivity index (χ0n) is 16.3. The first-order chi connectivity index (χ1) is 14.9. The molecule has 0 unspecified atom stereocenters. The van der Waals surface area contributed by atoms with Crippen molar-refractivity contribution in [3.8, 4) is 11.5 Å². The molecule has 3 aromatic rings. The molecule has 1 atom stereocenters. The van der Waals surface area contributed by atoms with Crippen molar-refractivity contribution in [2.24, 2.45) is 5.73 Å². The zero-order valence-corrected chi connectivity index (χ0v) is 17.1. The molecule has 0 aliphatic carbocycles. The van der Waals surface area contributed by atoms with Gasteiger partial charge in [0.15, 0.2) is 0 Å². The van der Waals surface area contributed by atoms with Gasteiger partial charge < -0.3 is 20.9 Å². The lowest BCUT2D eigenvalue weighted by molar-refractivity contribution is -0.138. The van der Waals surface area contributed by atoms with Gasteiger partial charge in [-0.05, 0) is 60.0 Å². The van der Waals surface area contributed by atoms with Crippen molar-refractivity contribution >= 4 is 40.8 Å². The van der Waals surface area contributed by atoms with Gasteiger partial charge >= 0.3 is 5.97 Å². The van der Waals surface area contributed by atoms with Crippen molar-refractivity contribution in [3.05, 3.63) is 88.4 Å². The Bertz CT molecular complexity index is 1190. The Morgan fingerprint density at radius 2 is 1.81 bits per heavy atom. The second-order valence-corrected chi connectivity index (χ2v) is 7.54. The van der Waals surface area contributed by atoms with Crippen molar-refractivity contribution in [1.82, 2.24) is 0 Å². The Balaban J connectivity index is 1.50. The molecule has 0 saturated heterocycles. The molecule has 4 rings (SSSR count). The second kappa shape index (κ2) is 8.63. The van der Waals surface area contributed by atoms with Crippen molar-refractivity contribution in [2.45, 2.75) is 12.5 Å². The van der Waals surface area contributed by atoms with Gasteiger partial charge in [0.05, 0.1) is 5.02 Å². The van der Waals surface area contributed by atoms with E-state index < -0.39 is 12.0 Å². The lowest BCUT2D eigenvalue weighted by Gasteiger charge is -2.10. The summed E-state index contributed by atoms with van der Waals surface area (Å²) in [5, 5.41) is 12.2. The summed E-state index contributed by atoms with van der Waals surface area (Å²) in [6.07, 6.45) is 2.00. The number of ether oxygens (including phenoxy) is 1. The van der Waals surface area contributed by atoms with E-state index in [9.17, 15) is 9.59 Å². The third-order valence-corrected chi connectivity index (χ3v) is 5.24. The summed E-state index contributed by atoms with van der Waals surface area (Å²) in [5.41, 5.74) is 9.24. The Labute approximate surface area is 183 Å². The number of aliphatic carboxylic acids is 1. The maximum Gasteiger partial charge on any atom is 0.320 e. The van der Waals surface area contributed by atoms with Crippen LogP contribution in [-0.2, 0) is 16.0 Å². The summed E-state index contributed by atoms with van der Waals surface area (Å²) < 4.78 is 5.84. The predicted molar refractivity (Wildman–Crippen MR) is 120 cm³/mol. The van der Waals surface area contributed by atoms with Crippen LogP contribution in [0.1, 0.15) is 16.7 Å². The molecule has 0 bridgehead atoms. The normalized spacial score (nSPS) is 14.8. The molecule has 0 aromatic heterocycles. The summed E-state index contributed by atoms with van der Waals surface area (Å²) in [6, 6.07) is 18.8. The van der Waals surface area contributed by atoms with Crippen LogP contribution in [0.5, 0.6) is 11.5 Å². The first-order valence-corrected chi connectivity index (χ1v) is 9.95. The quantitative estimate of drug-likeness (QED) is 0.493. The number of carbonyl (C=O) groups is 2. The first-order valence-electron chi connectivity index (χ1n) is 9.58. The highest BCUT2D eigenvalue weighted by Gasteiger charge is 2.23. The molecule has 156 valence electrons. The average Bonchev–Trinajstić information content (AvgIpc) is 3.06. The number of para-hydroxylation sites is 1. The number of nitrogens with two attached hydrogens (primary N) is 1. The van der Waals surface area contributed by atoms with Gasteiger partial charge in [-0.25, -0.2) is 0 Å². The van der Waals surface area contributed by atoms with E-state index in [2.05, 4.69) is 5.32 Å². The second-order valence-electron chi connectivity index (χ2n) is 7.14. The molecular weight excluding hydrogens is 416 g/mol. The number of halogens is 1. The molecule has 0 fully saturated rings.